The van der Waals surface area contributed by atoms with E-state index in [1.807, 2.05) is 0 Å². The van der Waals surface area contributed by atoms with Crippen molar-refractivity contribution < 1.29 is 4.39 Å². The number of hydrogen-bond donors (Lipinski definition) is 1. The number of aromatic nitrogens is 1. The summed E-state index contributed by atoms with van der Waals surface area (Å²) in [7, 11) is 0. The summed E-state index contributed by atoms with van der Waals surface area (Å²) in [6.45, 7) is 10.9. The summed E-state index contributed by atoms with van der Waals surface area (Å²) in [5, 5.41) is 3.50. The number of halogens is 1. The molecule has 2 unspecified atom stereocenters. The molecular formula is C17H28FN3. The zero-order chi connectivity index (χ0) is 15.2. The van der Waals surface area contributed by atoms with Crippen LogP contribution in [0.4, 0.5) is 4.39 Å². The number of nitrogens with zero attached hydrogens (tertiary/aromatic N) is 2. The Balaban J connectivity index is 1.99. The van der Waals surface area contributed by atoms with Gasteiger partial charge in [0.05, 0.1) is 17.9 Å². The topological polar surface area (TPSA) is 28.2 Å². The van der Waals surface area contributed by atoms with Crippen LogP contribution in [0.15, 0.2) is 18.3 Å². The summed E-state index contributed by atoms with van der Waals surface area (Å²) in [6, 6.07) is 3.49. The van der Waals surface area contributed by atoms with E-state index in [2.05, 4.69) is 36.0 Å². The molecule has 1 aromatic heterocycles. The molecule has 118 valence electrons. The van der Waals surface area contributed by atoms with Crippen molar-refractivity contribution in [2.45, 2.75) is 39.7 Å². The van der Waals surface area contributed by atoms with Gasteiger partial charge >= 0.3 is 0 Å². The normalized spacial score (nSPS) is 18.0. The third-order valence-electron chi connectivity index (χ3n) is 4.27. The van der Waals surface area contributed by atoms with Gasteiger partial charge in [-0.2, -0.15) is 0 Å². The van der Waals surface area contributed by atoms with Gasteiger partial charge in [-0.05, 0) is 49.9 Å². The molecule has 1 fully saturated rings. The number of hydrogen-bond acceptors (Lipinski definition) is 3. The molecule has 0 aliphatic heterocycles. The van der Waals surface area contributed by atoms with Gasteiger partial charge in [-0.15, -0.1) is 0 Å². The molecule has 1 aliphatic carbocycles. The van der Waals surface area contributed by atoms with Gasteiger partial charge in [0.1, 0.15) is 5.82 Å². The van der Waals surface area contributed by atoms with Gasteiger partial charge in [-0.25, -0.2) is 4.39 Å². The Morgan fingerprint density at radius 1 is 1.38 bits per heavy atom. The number of rotatable bonds is 9. The third kappa shape index (κ3) is 5.04. The molecule has 2 atom stereocenters. The lowest BCUT2D eigenvalue weighted by Crippen LogP contribution is -2.37. The van der Waals surface area contributed by atoms with E-state index in [4.69, 9.17) is 0 Å². The van der Waals surface area contributed by atoms with E-state index in [-0.39, 0.29) is 11.9 Å². The van der Waals surface area contributed by atoms with Crippen molar-refractivity contribution in [2.24, 2.45) is 11.8 Å². The smallest absolute Gasteiger partial charge is 0.141 e. The fourth-order valence-corrected chi connectivity index (χ4v) is 2.90. The molecule has 0 saturated heterocycles. The number of pyridine rings is 1. The highest BCUT2D eigenvalue weighted by Crippen LogP contribution is 2.30. The van der Waals surface area contributed by atoms with Crippen LogP contribution in [0.25, 0.3) is 0 Å². The van der Waals surface area contributed by atoms with Crippen LogP contribution >= 0.6 is 0 Å². The molecule has 0 amide bonds. The molecular weight excluding hydrogens is 265 g/mol. The first-order valence-electron chi connectivity index (χ1n) is 8.21. The Morgan fingerprint density at radius 2 is 2.14 bits per heavy atom. The second kappa shape index (κ2) is 7.85. The zero-order valence-electron chi connectivity index (χ0n) is 13.5. The zero-order valence-corrected chi connectivity index (χ0v) is 13.5. The highest BCUT2D eigenvalue weighted by atomic mass is 19.1. The van der Waals surface area contributed by atoms with Crippen molar-refractivity contribution in [1.29, 1.82) is 0 Å². The third-order valence-corrected chi connectivity index (χ3v) is 4.27. The Hall–Kier alpha value is -1.00. The summed E-state index contributed by atoms with van der Waals surface area (Å²) in [5.74, 6) is 1.09. The van der Waals surface area contributed by atoms with Crippen molar-refractivity contribution in [3.05, 3.63) is 29.8 Å². The standard InChI is InChI=1S/C17H28FN3/c1-4-19-17(16-9-8-15(18)10-20-16)13(3)11-21(5-2)12-14-6-7-14/h8-10,13-14,17,19H,4-7,11-12H2,1-3H3. The van der Waals surface area contributed by atoms with Crippen LogP contribution in [0.5, 0.6) is 0 Å². The molecule has 3 nitrogen and oxygen atoms in total. The molecule has 1 aliphatic rings. The van der Waals surface area contributed by atoms with E-state index in [1.54, 1.807) is 6.07 Å². The number of nitrogens with one attached hydrogen (secondary N) is 1. The SMILES string of the molecule is CCNC(c1ccc(F)cn1)C(C)CN(CC)CC1CC1. The Labute approximate surface area is 127 Å². The van der Waals surface area contributed by atoms with Crippen LogP contribution in [-0.4, -0.2) is 36.1 Å². The lowest BCUT2D eigenvalue weighted by Gasteiger charge is -2.30. The minimum Gasteiger partial charge on any atom is -0.309 e. The summed E-state index contributed by atoms with van der Waals surface area (Å²) >= 11 is 0. The predicted octanol–water partition coefficient (Wildman–Crippen LogP) is 3.24. The van der Waals surface area contributed by atoms with Gasteiger partial charge < -0.3 is 10.2 Å². The second-order valence-corrected chi connectivity index (χ2v) is 6.21. The Bertz CT molecular complexity index is 417. The molecule has 1 heterocycles. The predicted molar refractivity (Wildman–Crippen MR) is 84.6 cm³/mol. The molecule has 0 spiro atoms. The maximum Gasteiger partial charge on any atom is 0.141 e. The summed E-state index contributed by atoms with van der Waals surface area (Å²) < 4.78 is 13.1. The highest BCUT2D eigenvalue weighted by molar-refractivity contribution is 5.11. The first kappa shape index (κ1) is 16.4. The van der Waals surface area contributed by atoms with E-state index in [1.165, 1.54) is 31.6 Å². The maximum absolute atomic E-state index is 13.1. The van der Waals surface area contributed by atoms with Crippen LogP contribution in [0.3, 0.4) is 0 Å². The first-order valence-corrected chi connectivity index (χ1v) is 8.21. The molecule has 2 rings (SSSR count). The van der Waals surface area contributed by atoms with Gasteiger partial charge in [-0.3, -0.25) is 4.98 Å². The fourth-order valence-electron chi connectivity index (χ4n) is 2.90. The van der Waals surface area contributed by atoms with Gasteiger partial charge in [0.25, 0.3) is 0 Å². The van der Waals surface area contributed by atoms with Crippen LogP contribution < -0.4 is 5.32 Å². The molecule has 0 aromatic carbocycles. The molecule has 0 bridgehead atoms. The second-order valence-electron chi connectivity index (χ2n) is 6.21. The van der Waals surface area contributed by atoms with Crippen LogP contribution in [0.2, 0.25) is 0 Å². The van der Waals surface area contributed by atoms with Gasteiger partial charge in [0.2, 0.25) is 0 Å². The highest BCUT2D eigenvalue weighted by Gasteiger charge is 2.26. The molecule has 1 saturated carbocycles. The lowest BCUT2D eigenvalue weighted by molar-refractivity contribution is 0.211. The minimum atomic E-state index is -0.273. The van der Waals surface area contributed by atoms with Gasteiger partial charge in [0.15, 0.2) is 0 Å². The molecule has 21 heavy (non-hydrogen) atoms. The molecule has 4 heteroatoms. The quantitative estimate of drug-likeness (QED) is 0.757. The van der Waals surface area contributed by atoms with Crippen molar-refractivity contribution in [3.8, 4) is 0 Å². The minimum absolute atomic E-state index is 0.184. The van der Waals surface area contributed by atoms with E-state index in [0.29, 0.717) is 5.92 Å². The Kier molecular flexibility index (Phi) is 6.12. The van der Waals surface area contributed by atoms with E-state index in [9.17, 15) is 4.39 Å². The van der Waals surface area contributed by atoms with Crippen molar-refractivity contribution >= 4 is 0 Å². The summed E-state index contributed by atoms with van der Waals surface area (Å²) in [4.78, 5) is 6.81. The van der Waals surface area contributed by atoms with E-state index >= 15 is 0 Å². The average molecular weight is 293 g/mol. The lowest BCUT2D eigenvalue weighted by atomic mass is 9.97. The monoisotopic (exact) mass is 293 g/mol. The van der Waals surface area contributed by atoms with Crippen molar-refractivity contribution in [2.75, 3.05) is 26.2 Å². The van der Waals surface area contributed by atoms with Gasteiger partial charge in [-0.1, -0.05) is 20.8 Å². The average Bonchev–Trinajstić information content (AvgIpc) is 3.29. The summed E-state index contributed by atoms with van der Waals surface area (Å²) in [6.07, 6.45) is 4.09. The molecule has 1 N–H and O–H groups in total. The van der Waals surface area contributed by atoms with Crippen LogP contribution in [-0.2, 0) is 0 Å². The molecule has 1 aromatic rings. The summed E-state index contributed by atoms with van der Waals surface area (Å²) in [5.41, 5.74) is 0.938. The fraction of sp³-hybridized carbons (Fsp3) is 0.706. The van der Waals surface area contributed by atoms with E-state index < -0.39 is 0 Å². The van der Waals surface area contributed by atoms with Crippen LogP contribution in [0, 0.1) is 17.7 Å². The molecule has 0 radical (unpaired) electrons. The van der Waals surface area contributed by atoms with E-state index in [0.717, 1.165) is 31.2 Å². The first-order chi connectivity index (χ1) is 10.1. The van der Waals surface area contributed by atoms with Crippen molar-refractivity contribution in [3.63, 3.8) is 0 Å². The van der Waals surface area contributed by atoms with Crippen LogP contribution in [0.1, 0.15) is 45.3 Å². The maximum atomic E-state index is 13.1. The Morgan fingerprint density at radius 3 is 2.67 bits per heavy atom. The van der Waals surface area contributed by atoms with Gasteiger partial charge in [0, 0.05) is 13.1 Å². The largest absolute Gasteiger partial charge is 0.309 e. The van der Waals surface area contributed by atoms with Crippen molar-refractivity contribution in [1.82, 2.24) is 15.2 Å².